The van der Waals surface area contributed by atoms with E-state index in [0.29, 0.717) is 31.3 Å². The van der Waals surface area contributed by atoms with Crippen LogP contribution >= 0.6 is 0 Å². The molecule has 24 nitrogen and oxygen atoms in total. The third kappa shape index (κ3) is 10.9. The number of aliphatic hydroxyl groups excluding tert-OH is 12. The molecular weight excluding hydrogens is 1090 g/mol. The monoisotopic (exact) mass is 1190 g/mol. The first-order valence-corrected chi connectivity index (χ1v) is 29.8. The molecule has 8 fully saturated rings. The molecule has 29 atom stereocenters. The van der Waals surface area contributed by atoms with Gasteiger partial charge in [0.25, 0.3) is 0 Å². The summed E-state index contributed by atoms with van der Waals surface area (Å²) in [6.07, 6.45) is -27.4. The molecule has 0 aromatic heterocycles. The lowest BCUT2D eigenvalue weighted by Crippen LogP contribution is -2.69. The molecule has 0 spiro atoms. The number of ether oxygens (including phenoxy) is 9. The minimum Gasteiger partial charge on any atom is -0.479 e. The zero-order chi connectivity index (χ0) is 61.0. The van der Waals surface area contributed by atoms with Gasteiger partial charge in [0.2, 0.25) is 0 Å². The molecule has 474 valence electrons. The number of aliphatic carboxylic acids is 1. The van der Waals surface area contributed by atoms with E-state index >= 15 is 0 Å². The molecule has 13 N–H and O–H groups in total. The number of fused-ring (bicyclic) bond motifs is 7. The normalized spacial score (nSPS) is 51.5. The highest BCUT2D eigenvalue weighted by atomic mass is 16.8. The van der Waals surface area contributed by atoms with Crippen LogP contribution in [0.15, 0.2) is 23.3 Å². The van der Waals surface area contributed by atoms with Crippen LogP contribution in [-0.4, -0.2) is 233 Å². The second-order valence-electron chi connectivity index (χ2n) is 27.8. The average molecular weight is 1190 g/mol. The van der Waals surface area contributed by atoms with Gasteiger partial charge in [-0.3, -0.25) is 0 Å². The topological polar surface area (TPSA) is 380 Å². The molecule has 0 aromatic carbocycles. The van der Waals surface area contributed by atoms with Gasteiger partial charge < -0.3 is 109 Å². The second kappa shape index (κ2) is 23.9. The lowest BCUT2D eigenvalue weighted by molar-refractivity contribution is -0.401. The van der Waals surface area contributed by atoms with Crippen LogP contribution in [0.25, 0.3) is 0 Å². The smallest absolute Gasteiger partial charge is 0.335 e. The van der Waals surface area contributed by atoms with Crippen molar-refractivity contribution >= 4 is 11.9 Å². The van der Waals surface area contributed by atoms with Crippen molar-refractivity contribution in [2.75, 3.05) is 19.8 Å². The number of carbonyl (C=O) groups is 2. The number of aliphatic hydroxyl groups is 12. The summed E-state index contributed by atoms with van der Waals surface area (Å²) in [5.74, 6) is -1.89. The number of hydrogen-bond donors (Lipinski definition) is 13. The predicted octanol–water partition coefficient (Wildman–Crippen LogP) is 0.0459. The molecule has 4 aliphatic heterocycles. The SMILES string of the molecule is CC=C(C)C(=O)O[C@H]1CC(C)(C)C[C@H]2C3=CC[C@@H]4[C@@]5(C)CC[C@H](O[C@@H]6O[C@H](C(=O)O)[C@@H](O)[C@H](O[C@@H]7O[C@H](CO)[C@H](O[C@@H]8O[C@@H](C)[C@H](O)[C@@H](O)[C@H]8O)[C@H](O)[C@H]7O)[C@H]6O[C@@H]6O[C@H](CO)[C@@H](O)[C@H](O)[C@H]6O)C(C)(C)[C@@H]5CC[C@@]4(C)[C@]3(C)CC[C@@]12CO. The van der Waals surface area contributed by atoms with Crippen LogP contribution in [-0.2, 0) is 52.2 Å². The second-order valence-corrected chi connectivity index (χ2v) is 27.8. The summed E-state index contributed by atoms with van der Waals surface area (Å²) in [4.78, 5) is 26.5. The molecule has 9 rings (SSSR count). The largest absolute Gasteiger partial charge is 0.479 e. The summed E-state index contributed by atoms with van der Waals surface area (Å²) in [6.45, 7) is 18.8. The van der Waals surface area contributed by atoms with Crippen LogP contribution in [0.1, 0.15) is 127 Å². The van der Waals surface area contributed by atoms with Gasteiger partial charge in [-0.05, 0) is 123 Å². The van der Waals surface area contributed by atoms with E-state index in [0.717, 1.165) is 32.1 Å². The maximum absolute atomic E-state index is 13.4. The van der Waals surface area contributed by atoms with Gasteiger partial charge in [0.05, 0.1) is 32.0 Å². The van der Waals surface area contributed by atoms with Crippen molar-refractivity contribution in [3.8, 4) is 0 Å². The zero-order valence-corrected chi connectivity index (χ0v) is 49.4. The highest BCUT2D eigenvalue weighted by molar-refractivity contribution is 5.87. The molecule has 0 radical (unpaired) electrons. The van der Waals surface area contributed by atoms with Crippen molar-refractivity contribution in [1.82, 2.24) is 0 Å². The number of rotatable bonds is 14. The van der Waals surface area contributed by atoms with Gasteiger partial charge in [-0.25, -0.2) is 9.59 Å². The Bertz CT molecular complexity index is 2380. The Morgan fingerprint density at radius 3 is 1.82 bits per heavy atom. The molecular formula is C59H94O24. The molecule has 4 saturated heterocycles. The molecule has 9 aliphatic rings. The van der Waals surface area contributed by atoms with Gasteiger partial charge in [-0.15, -0.1) is 0 Å². The number of allylic oxidation sites excluding steroid dienone is 3. The van der Waals surface area contributed by atoms with Crippen molar-refractivity contribution in [3.05, 3.63) is 23.3 Å². The molecule has 0 aromatic rings. The van der Waals surface area contributed by atoms with E-state index in [1.54, 1.807) is 13.0 Å². The highest BCUT2D eigenvalue weighted by Gasteiger charge is 2.70. The van der Waals surface area contributed by atoms with Crippen molar-refractivity contribution in [2.45, 2.75) is 262 Å². The van der Waals surface area contributed by atoms with Crippen LogP contribution < -0.4 is 0 Å². The Balaban J connectivity index is 1.01. The van der Waals surface area contributed by atoms with Gasteiger partial charge in [0.1, 0.15) is 91.6 Å². The summed E-state index contributed by atoms with van der Waals surface area (Å²) >= 11 is 0. The summed E-state index contributed by atoms with van der Waals surface area (Å²) in [6, 6.07) is 0. The van der Waals surface area contributed by atoms with Gasteiger partial charge in [-0.1, -0.05) is 66.2 Å². The summed E-state index contributed by atoms with van der Waals surface area (Å²) in [5, 5.41) is 142. The number of carbonyl (C=O) groups excluding carboxylic acids is 1. The van der Waals surface area contributed by atoms with E-state index in [1.807, 2.05) is 6.92 Å². The third-order valence-corrected chi connectivity index (χ3v) is 22.5. The Kier molecular flexibility index (Phi) is 18.7. The first-order valence-electron chi connectivity index (χ1n) is 29.8. The maximum Gasteiger partial charge on any atom is 0.335 e. The number of carboxylic acids is 1. The van der Waals surface area contributed by atoms with Gasteiger partial charge >= 0.3 is 11.9 Å². The fraction of sp³-hybridized carbons (Fsp3) is 0.898. The Hall–Kier alpha value is -2.38. The number of esters is 1. The first-order chi connectivity index (χ1) is 38.8. The minimum absolute atomic E-state index is 0.00593. The maximum atomic E-state index is 13.4. The highest BCUT2D eigenvalue weighted by Crippen LogP contribution is 2.76. The average Bonchev–Trinajstić information content (AvgIpc) is 0.960. The number of hydrogen-bond acceptors (Lipinski definition) is 23. The van der Waals surface area contributed by atoms with Gasteiger partial charge in [0, 0.05) is 11.0 Å². The third-order valence-electron chi connectivity index (χ3n) is 22.5. The molecule has 24 heteroatoms. The van der Waals surface area contributed by atoms with Crippen molar-refractivity contribution in [1.29, 1.82) is 0 Å². The molecule has 5 aliphatic carbocycles. The summed E-state index contributed by atoms with van der Waals surface area (Å²) < 4.78 is 55.0. The van der Waals surface area contributed by atoms with E-state index in [9.17, 15) is 76.0 Å². The van der Waals surface area contributed by atoms with Crippen LogP contribution in [0.3, 0.4) is 0 Å². The van der Waals surface area contributed by atoms with E-state index < -0.39 is 165 Å². The lowest BCUT2D eigenvalue weighted by Gasteiger charge is -2.72. The molecule has 4 saturated carbocycles. The van der Waals surface area contributed by atoms with Gasteiger partial charge in [-0.2, -0.15) is 0 Å². The first kappa shape index (κ1) is 65.1. The van der Waals surface area contributed by atoms with Crippen LogP contribution in [0.4, 0.5) is 0 Å². The van der Waals surface area contributed by atoms with E-state index in [4.69, 9.17) is 42.6 Å². The molecule has 4 heterocycles. The van der Waals surface area contributed by atoms with Crippen molar-refractivity contribution < 1.29 is 119 Å². The quantitative estimate of drug-likeness (QED) is 0.0473. The molecule has 83 heavy (non-hydrogen) atoms. The Morgan fingerprint density at radius 1 is 0.614 bits per heavy atom. The van der Waals surface area contributed by atoms with E-state index in [-0.39, 0.29) is 52.0 Å². The van der Waals surface area contributed by atoms with E-state index in [1.165, 1.54) is 12.5 Å². The Morgan fingerprint density at radius 2 is 1.20 bits per heavy atom. The van der Waals surface area contributed by atoms with Crippen molar-refractivity contribution in [3.63, 3.8) is 0 Å². The van der Waals surface area contributed by atoms with Crippen LogP contribution in [0.2, 0.25) is 0 Å². The Labute approximate surface area is 484 Å². The standard InChI is InChI=1S/C59H94O24/c1-11-25(2)49(74)78-34-21-54(4,5)20-28-27-12-13-32-56(8)16-15-33(55(6,7)31(56)14-17-58(32,10)57(27,9)18-19-59(28,34)24-62)79-53-47(83-51-41(69)38(66)36(64)29(22-60)76-51)45(43(71)46(82-53)48(72)73)81-52-42(70)39(67)44(30(23-61)77-52)80-50-40(68)37(65)35(63)26(3)75-50/h11-12,26,28-47,50-53,60-71H,13-24H2,1-10H3,(H,72,73)/t26-,28-,29+,30+,31-,32+,33-,34-,35-,36+,37+,38-,39+,40+,41+,42+,43-,44-,45-,46-,47+,50-,51-,52-,53+,56-,57+,58+,59-/m0/s1. The lowest BCUT2D eigenvalue weighted by atomic mass is 9.33. The molecule has 0 amide bonds. The number of carboxylic acid groups (broad SMARTS) is 1. The minimum atomic E-state index is -2.22. The van der Waals surface area contributed by atoms with Crippen LogP contribution in [0, 0.1) is 50.2 Å². The summed E-state index contributed by atoms with van der Waals surface area (Å²) in [7, 11) is 0. The zero-order valence-electron chi connectivity index (χ0n) is 49.4. The fourth-order valence-corrected chi connectivity index (χ4v) is 17.2. The predicted molar refractivity (Wildman–Crippen MR) is 286 cm³/mol. The van der Waals surface area contributed by atoms with Crippen LogP contribution in [0.5, 0.6) is 0 Å². The fourth-order valence-electron chi connectivity index (χ4n) is 17.2. The molecule has 0 bridgehead atoms. The van der Waals surface area contributed by atoms with Gasteiger partial charge in [0.15, 0.2) is 31.3 Å². The van der Waals surface area contributed by atoms with Crippen molar-refractivity contribution in [2.24, 2.45) is 50.2 Å². The van der Waals surface area contributed by atoms with E-state index in [2.05, 4.69) is 54.5 Å². The summed E-state index contributed by atoms with van der Waals surface area (Å²) in [5.41, 5.74) is -0.421. The molecule has 0 unspecified atom stereocenters.